The number of methoxy groups -OCH3 is 1. The number of rotatable bonds is 6. The summed E-state index contributed by atoms with van der Waals surface area (Å²) in [5, 5.41) is 4.03. The molecule has 1 amide bonds. The van der Waals surface area contributed by atoms with E-state index in [0.29, 0.717) is 16.6 Å². The van der Waals surface area contributed by atoms with Crippen molar-refractivity contribution < 1.29 is 13.9 Å². The van der Waals surface area contributed by atoms with Crippen LogP contribution in [0, 0.1) is 5.82 Å². The molecular formula is C21H23Cl2FN2O2. The lowest BCUT2D eigenvalue weighted by Gasteiger charge is -2.32. The molecule has 0 aliphatic carbocycles. The first-order chi connectivity index (χ1) is 13.4. The Kier molecular flexibility index (Phi) is 7.16. The lowest BCUT2D eigenvalue weighted by Crippen LogP contribution is -2.44. The van der Waals surface area contributed by atoms with E-state index in [-0.39, 0.29) is 29.9 Å². The van der Waals surface area contributed by atoms with E-state index in [2.05, 4.69) is 10.2 Å². The number of hydrogen-bond acceptors (Lipinski definition) is 3. The Morgan fingerprint density at radius 2 is 1.86 bits per heavy atom. The quantitative estimate of drug-likeness (QED) is 0.743. The third-order valence-electron chi connectivity index (χ3n) is 4.92. The molecule has 4 nitrogen and oxygen atoms in total. The van der Waals surface area contributed by atoms with Crippen LogP contribution >= 0.6 is 23.2 Å². The van der Waals surface area contributed by atoms with E-state index in [4.69, 9.17) is 27.9 Å². The van der Waals surface area contributed by atoms with Crippen LogP contribution < -0.4 is 10.1 Å². The van der Waals surface area contributed by atoms with Crippen LogP contribution in [0.1, 0.15) is 24.0 Å². The fraction of sp³-hybridized carbons (Fsp3) is 0.381. The molecule has 2 aromatic rings. The maximum atomic E-state index is 13.8. The van der Waals surface area contributed by atoms with Crippen molar-refractivity contribution in [1.82, 2.24) is 10.2 Å². The molecule has 0 atom stereocenters. The van der Waals surface area contributed by atoms with E-state index in [9.17, 15) is 9.18 Å². The van der Waals surface area contributed by atoms with Gasteiger partial charge in [-0.05, 0) is 48.2 Å². The van der Waals surface area contributed by atoms with Gasteiger partial charge in [0.25, 0.3) is 0 Å². The minimum absolute atomic E-state index is 0.0194. The molecule has 0 aromatic heterocycles. The van der Waals surface area contributed by atoms with Gasteiger partial charge in [0.1, 0.15) is 0 Å². The van der Waals surface area contributed by atoms with Gasteiger partial charge in [-0.15, -0.1) is 0 Å². The van der Waals surface area contributed by atoms with Crippen LogP contribution in [0.3, 0.4) is 0 Å². The summed E-state index contributed by atoms with van der Waals surface area (Å²) in [6, 6.07) is 10.4. The van der Waals surface area contributed by atoms with Gasteiger partial charge in [0.15, 0.2) is 11.6 Å². The van der Waals surface area contributed by atoms with Crippen molar-refractivity contribution in [2.45, 2.75) is 31.8 Å². The summed E-state index contributed by atoms with van der Waals surface area (Å²) in [5.41, 5.74) is 1.76. The second-order valence-corrected chi connectivity index (χ2v) is 7.83. The molecule has 150 valence electrons. The monoisotopic (exact) mass is 424 g/mol. The summed E-state index contributed by atoms with van der Waals surface area (Å²) in [4.78, 5) is 14.6. The Morgan fingerprint density at radius 3 is 2.50 bits per heavy atom. The molecule has 3 rings (SSSR count). The molecule has 0 radical (unpaired) electrons. The number of amides is 1. The van der Waals surface area contributed by atoms with E-state index in [1.54, 1.807) is 18.2 Å². The van der Waals surface area contributed by atoms with E-state index >= 15 is 0 Å². The van der Waals surface area contributed by atoms with Crippen molar-refractivity contribution in [2.75, 3.05) is 20.2 Å². The zero-order chi connectivity index (χ0) is 20.1. The summed E-state index contributed by atoms with van der Waals surface area (Å²) in [6.07, 6.45) is 2.01. The number of piperidine rings is 1. The van der Waals surface area contributed by atoms with Crippen LogP contribution in [0.15, 0.2) is 36.4 Å². The molecule has 1 heterocycles. The third kappa shape index (κ3) is 5.60. The van der Waals surface area contributed by atoms with Crippen molar-refractivity contribution in [1.29, 1.82) is 0 Å². The van der Waals surface area contributed by atoms with Gasteiger partial charge in [0.2, 0.25) is 5.91 Å². The largest absolute Gasteiger partial charge is 0.494 e. The highest BCUT2D eigenvalue weighted by Gasteiger charge is 2.21. The van der Waals surface area contributed by atoms with E-state index in [1.165, 1.54) is 13.2 Å². The molecule has 0 spiro atoms. The number of likely N-dealkylation sites (tertiary alicyclic amines) is 1. The molecule has 0 saturated carbocycles. The number of carbonyl (C=O) groups excluding carboxylic acids is 1. The Balaban J connectivity index is 1.45. The number of nitrogens with one attached hydrogen (secondary N) is 1. The Labute approximate surface area is 174 Å². The molecule has 1 aliphatic rings. The summed E-state index contributed by atoms with van der Waals surface area (Å²) < 4.78 is 18.8. The highest BCUT2D eigenvalue weighted by molar-refractivity contribution is 6.42. The molecule has 0 unspecified atom stereocenters. The highest BCUT2D eigenvalue weighted by atomic mass is 35.5. The summed E-state index contributed by atoms with van der Waals surface area (Å²) in [7, 11) is 1.46. The molecule has 7 heteroatoms. The van der Waals surface area contributed by atoms with Gasteiger partial charge in [-0.1, -0.05) is 35.3 Å². The fourth-order valence-corrected chi connectivity index (χ4v) is 3.74. The molecule has 1 aliphatic heterocycles. The smallest absolute Gasteiger partial charge is 0.224 e. The lowest BCUT2D eigenvalue weighted by atomic mass is 10.0. The van der Waals surface area contributed by atoms with E-state index in [0.717, 1.165) is 37.1 Å². The number of hydrogen-bond donors (Lipinski definition) is 1. The second kappa shape index (κ2) is 9.59. The highest BCUT2D eigenvalue weighted by Crippen LogP contribution is 2.23. The summed E-state index contributed by atoms with van der Waals surface area (Å²) in [5.74, 6) is -0.106. The number of ether oxygens (including phenoxy) is 1. The molecule has 1 N–H and O–H groups in total. The maximum Gasteiger partial charge on any atom is 0.224 e. The first-order valence-corrected chi connectivity index (χ1v) is 9.98. The number of carbonyl (C=O) groups is 1. The number of benzene rings is 2. The minimum Gasteiger partial charge on any atom is -0.494 e. The molecule has 28 heavy (non-hydrogen) atoms. The standard InChI is InChI=1S/C21H23Cl2FN2O2/c1-28-20-5-3-15(11-19(20)24)13-26-8-6-16(7-9-26)25-21(27)12-14-2-4-17(22)18(23)10-14/h2-5,10-11,16H,6-9,12-13H2,1H3,(H,25,27). The van der Waals surface area contributed by atoms with Crippen molar-refractivity contribution in [2.24, 2.45) is 0 Å². The number of halogens is 3. The van der Waals surface area contributed by atoms with Crippen molar-refractivity contribution in [3.63, 3.8) is 0 Å². The average Bonchev–Trinajstić information content (AvgIpc) is 2.66. The topological polar surface area (TPSA) is 41.6 Å². The van der Waals surface area contributed by atoms with Gasteiger partial charge in [0.05, 0.1) is 23.6 Å². The van der Waals surface area contributed by atoms with Crippen molar-refractivity contribution in [3.8, 4) is 5.75 Å². The molecule has 1 fully saturated rings. The first kappa shape index (κ1) is 20.9. The van der Waals surface area contributed by atoms with Crippen LogP contribution in [0.4, 0.5) is 4.39 Å². The molecule has 1 saturated heterocycles. The van der Waals surface area contributed by atoms with Gasteiger partial charge < -0.3 is 10.1 Å². The predicted octanol–water partition coefficient (Wildman–Crippen LogP) is 4.46. The van der Waals surface area contributed by atoms with Crippen LogP contribution in [-0.4, -0.2) is 37.0 Å². The van der Waals surface area contributed by atoms with E-state index < -0.39 is 0 Å². The summed E-state index contributed by atoms with van der Waals surface area (Å²) >= 11 is 11.9. The van der Waals surface area contributed by atoms with Gasteiger partial charge >= 0.3 is 0 Å². The zero-order valence-electron chi connectivity index (χ0n) is 15.7. The maximum absolute atomic E-state index is 13.8. The zero-order valence-corrected chi connectivity index (χ0v) is 17.2. The molecule has 2 aromatic carbocycles. The van der Waals surface area contributed by atoms with Crippen LogP contribution in [0.5, 0.6) is 5.75 Å². The first-order valence-electron chi connectivity index (χ1n) is 9.22. The van der Waals surface area contributed by atoms with Gasteiger partial charge in [-0.25, -0.2) is 4.39 Å². The van der Waals surface area contributed by atoms with Crippen molar-refractivity contribution in [3.05, 3.63) is 63.4 Å². The summed E-state index contributed by atoms with van der Waals surface area (Å²) in [6.45, 7) is 2.39. The fourth-order valence-electron chi connectivity index (χ4n) is 3.42. The minimum atomic E-state index is -0.343. The Hall–Kier alpha value is -1.82. The SMILES string of the molecule is COc1ccc(CN2CCC(NC(=O)Cc3ccc(Cl)c(Cl)c3)CC2)cc1F. The van der Waals surface area contributed by atoms with Crippen molar-refractivity contribution >= 4 is 29.1 Å². The Bertz CT molecular complexity index is 839. The van der Waals surface area contributed by atoms with E-state index in [1.807, 2.05) is 12.1 Å². The van der Waals surface area contributed by atoms with Gasteiger partial charge in [-0.2, -0.15) is 0 Å². The average molecular weight is 425 g/mol. The Morgan fingerprint density at radius 1 is 1.14 bits per heavy atom. The van der Waals surface area contributed by atoms with Crippen LogP contribution in [-0.2, 0) is 17.8 Å². The normalized spacial score (nSPS) is 15.4. The second-order valence-electron chi connectivity index (χ2n) is 7.01. The van der Waals surface area contributed by atoms with Gasteiger partial charge in [-0.3, -0.25) is 9.69 Å². The van der Waals surface area contributed by atoms with Crippen LogP contribution in [0.2, 0.25) is 10.0 Å². The predicted molar refractivity (Wildman–Crippen MR) is 110 cm³/mol. The van der Waals surface area contributed by atoms with Crippen LogP contribution in [0.25, 0.3) is 0 Å². The van der Waals surface area contributed by atoms with Gasteiger partial charge in [0, 0.05) is 25.7 Å². The third-order valence-corrected chi connectivity index (χ3v) is 5.66. The molecule has 0 bridgehead atoms. The molecular weight excluding hydrogens is 402 g/mol. The number of nitrogens with zero attached hydrogens (tertiary/aromatic N) is 1. The lowest BCUT2D eigenvalue weighted by molar-refractivity contribution is -0.121.